The number of aromatic amines is 1. The topological polar surface area (TPSA) is 134 Å². The molecule has 2 aromatic heterocycles. The molecule has 0 aromatic carbocycles. The van der Waals surface area contributed by atoms with Gasteiger partial charge in [0.1, 0.15) is 12.1 Å². The van der Waals surface area contributed by atoms with Gasteiger partial charge in [0.05, 0.1) is 23.4 Å². The van der Waals surface area contributed by atoms with Crippen molar-refractivity contribution in [3.8, 4) is 0 Å². The van der Waals surface area contributed by atoms with E-state index in [1.54, 1.807) is 26.2 Å². The summed E-state index contributed by atoms with van der Waals surface area (Å²) in [4.78, 5) is 43.9. The normalized spacial score (nSPS) is 13.1. The van der Waals surface area contributed by atoms with Gasteiger partial charge >= 0.3 is 5.97 Å². The molecule has 156 valence electrons. The van der Waals surface area contributed by atoms with Crippen molar-refractivity contribution in [1.82, 2.24) is 15.3 Å². The standard InChI is InChI=1S/C20H26N4O5/c1-12(2)29-20(27)16(7-6-14(25)10-21)24-19(26)17(28-3)9-13-11-23-15-5-4-8-22-18(13)15/h4-5,8,10-12,16-17,21,23H,6-7,9H2,1-3H3,(H,24,26)/t16-,17-/m0/s1. The van der Waals surface area contributed by atoms with E-state index >= 15 is 0 Å². The molecular formula is C20H26N4O5. The summed E-state index contributed by atoms with van der Waals surface area (Å²) in [6, 6.07) is 2.68. The molecule has 0 spiro atoms. The van der Waals surface area contributed by atoms with Crippen molar-refractivity contribution in [3.05, 3.63) is 30.1 Å². The van der Waals surface area contributed by atoms with Crippen LogP contribution in [0.1, 0.15) is 32.3 Å². The molecule has 29 heavy (non-hydrogen) atoms. The van der Waals surface area contributed by atoms with E-state index in [9.17, 15) is 14.4 Å². The number of carbonyl (C=O) groups excluding carboxylic acids is 3. The van der Waals surface area contributed by atoms with Crippen LogP contribution >= 0.6 is 0 Å². The molecule has 0 aliphatic rings. The second kappa shape index (κ2) is 10.5. The van der Waals surface area contributed by atoms with E-state index in [0.29, 0.717) is 6.21 Å². The molecule has 2 rings (SSSR count). The number of nitrogens with one attached hydrogen (secondary N) is 3. The number of aromatic nitrogens is 2. The number of hydrogen-bond donors (Lipinski definition) is 3. The number of Topliss-reactive ketones (excluding diaryl/α,β-unsaturated/α-hetero) is 1. The van der Waals surface area contributed by atoms with Gasteiger partial charge in [0.25, 0.3) is 0 Å². The zero-order chi connectivity index (χ0) is 21.4. The number of rotatable bonds is 11. The van der Waals surface area contributed by atoms with E-state index in [1.807, 2.05) is 12.1 Å². The number of pyridine rings is 1. The van der Waals surface area contributed by atoms with Crippen LogP contribution in [0.25, 0.3) is 11.0 Å². The summed E-state index contributed by atoms with van der Waals surface area (Å²) in [6.07, 6.45) is 3.14. The highest BCUT2D eigenvalue weighted by Crippen LogP contribution is 2.17. The van der Waals surface area contributed by atoms with E-state index in [-0.39, 0.29) is 25.4 Å². The zero-order valence-electron chi connectivity index (χ0n) is 16.7. The number of ether oxygens (including phenoxy) is 2. The van der Waals surface area contributed by atoms with Crippen molar-refractivity contribution in [2.45, 2.75) is 51.4 Å². The molecule has 2 atom stereocenters. The van der Waals surface area contributed by atoms with Gasteiger partial charge in [0, 0.05) is 32.3 Å². The maximum absolute atomic E-state index is 12.7. The van der Waals surface area contributed by atoms with Crippen LogP contribution in [-0.4, -0.2) is 59.2 Å². The fraction of sp³-hybridized carbons (Fsp3) is 0.450. The van der Waals surface area contributed by atoms with Gasteiger partial charge in [-0.05, 0) is 38.0 Å². The molecule has 1 amide bonds. The fourth-order valence-electron chi connectivity index (χ4n) is 2.84. The predicted octanol–water partition coefficient (Wildman–Crippen LogP) is 1.56. The smallest absolute Gasteiger partial charge is 0.328 e. The lowest BCUT2D eigenvalue weighted by molar-refractivity contribution is -0.152. The van der Waals surface area contributed by atoms with Crippen LogP contribution in [0.15, 0.2) is 24.5 Å². The monoisotopic (exact) mass is 402 g/mol. The van der Waals surface area contributed by atoms with Gasteiger partial charge in [-0.3, -0.25) is 14.6 Å². The van der Waals surface area contributed by atoms with Crippen LogP contribution in [0, 0.1) is 5.41 Å². The first-order chi connectivity index (χ1) is 13.8. The maximum Gasteiger partial charge on any atom is 0.328 e. The van der Waals surface area contributed by atoms with Crippen LogP contribution in [0.5, 0.6) is 0 Å². The van der Waals surface area contributed by atoms with Gasteiger partial charge in [0.15, 0.2) is 5.78 Å². The van der Waals surface area contributed by atoms with Crippen molar-refractivity contribution in [1.29, 1.82) is 5.41 Å². The Labute approximate surface area is 168 Å². The van der Waals surface area contributed by atoms with Crippen LogP contribution in [-0.2, 0) is 30.3 Å². The Balaban J connectivity index is 2.10. The Bertz CT molecular complexity index is 877. The summed E-state index contributed by atoms with van der Waals surface area (Å²) in [5.41, 5.74) is 2.40. The molecule has 0 unspecified atom stereocenters. The largest absolute Gasteiger partial charge is 0.461 e. The van der Waals surface area contributed by atoms with Crippen LogP contribution in [0.4, 0.5) is 0 Å². The Kier molecular flexibility index (Phi) is 8.02. The minimum Gasteiger partial charge on any atom is -0.461 e. The third kappa shape index (κ3) is 6.21. The van der Waals surface area contributed by atoms with E-state index in [2.05, 4.69) is 15.3 Å². The molecule has 9 heteroatoms. The summed E-state index contributed by atoms with van der Waals surface area (Å²) in [6.45, 7) is 3.39. The third-order valence-electron chi connectivity index (χ3n) is 4.29. The summed E-state index contributed by atoms with van der Waals surface area (Å²) in [7, 11) is 1.41. The lowest BCUT2D eigenvalue weighted by atomic mass is 10.1. The number of H-pyrrole nitrogens is 1. The molecule has 2 aromatic rings. The molecule has 0 bridgehead atoms. The Morgan fingerprint density at radius 3 is 2.76 bits per heavy atom. The highest BCUT2D eigenvalue weighted by molar-refractivity contribution is 6.26. The van der Waals surface area contributed by atoms with Crippen molar-refractivity contribution in [2.24, 2.45) is 0 Å². The summed E-state index contributed by atoms with van der Waals surface area (Å²) < 4.78 is 10.5. The number of methoxy groups -OCH3 is 1. The maximum atomic E-state index is 12.7. The van der Waals surface area contributed by atoms with Gasteiger partial charge in [-0.25, -0.2) is 4.79 Å². The lowest BCUT2D eigenvalue weighted by Gasteiger charge is -2.21. The van der Waals surface area contributed by atoms with Crippen molar-refractivity contribution < 1.29 is 23.9 Å². The molecule has 9 nitrogen and oxygen atoms in total. The quantitative estimate of drug-likeness (QED) is 0.386. The van der Waals surface area contributed by atoms with Crippen LogP contribution in [0.3, 0.4) is 0 Å². The Hall–Kier alpha value is -3.07. The average Bonchev–Trinajstić information content (AvgIpc) is 3.11. The number of ketones is 1. The van der Waals surface area contributed by atoms with Gasteiger partial charge in [-0.1, -0.05) is 0 Å². The van der Waals surface area contributed by atoms with Gasteiger partial charge < -0.3 is 25.2 Å². The number of carbonyl (C=O) groups is 3. The summed E-state index contributed by atoms with van der Waals surface area (Å²) in [5.74, 6) is -1.56. The number of nitrogens with zero attached hydrogens (tertiary/aromatic N) is 1. The molecule has 0 aliphatic heterocycles. The first-order valence-electron chi connectivity index (χ1n) is 9.33. The van der Waals surface area contributed by atoms with Gasteiger partial charge in [-0.15, -0.1) is 0 Å². The van der Waals surface area contributed by atoms with Gasteiger partial charge in [0.2, 0.25) is 5.91 Å². The highest BCUT2D eigenvalue weighted by atomic mass is 16.5. The van der Waals surface area contributed by atoms with Crippen LogP contribution in [0.2, 0.25) is 0 Å². The number of amides is 1. The Morgan fingerprint density at radius 1 is 1.34 bits per heavy atom. The van der Waals surface area contributed by atoms with E-state index < -0.39 is 29.8 Å². The minimum absolute atomic E-state index is 0.0383. The van der Waals surface area contributed by atoms with Crippen molar-refractivity contribution in [2.75, 3.05) is 7.11 Å². The SMILES string of the molecule is CO[C@@H](Cc1c[nH]c2cccnc12)C(=O)N[C@@H](CCC(=O)C=N)C(=O)OC(C)C. The van der Waals surface area contributed by atoms with Gasteiger partial charge in [-0.2, -0.15) is 0 Å². The predicted molar refractivity (Wildman–Crippen MR) is 107 cm³/mol. The highest BCUT2D eigenvalue weighted by Gasteiger charge is 2.28. The zero-order valence-corrected chi connectivity index (χ0v) is 16.7. The molecule has 0 saturated carbocycles. The molecular weight excluding hydrogens is 376 g/mol. The van der Waals surface area contributed by atoms with E-state index in [4.69, 9.17) is 14.9 Å². The van der Waals surface area contributed by atoms with Crippen molar-refractivity contribution in [3.63, 3.8) is 0 Å². The summed E-state index contributed by atoms with van der Waals surface area (Å²) >= 11 is 0. The molecule has 0 saturated heterocycles. The lowest BCUT2D eigenvalue weighted by Crippen LogP contribution is -2.48. The molecule has 3 N–H and O–H groups in total. The van der Waals surface area contributed by atoms with Crippen LogP contribution < -0.4 is 5.32 Å². The number of fused-ring (bicyclic) bond motifs is 1. The second-order valence-electron chi connectivity index (χ2n) is 6.84. The first kappa shape index (κ1) is 22.2. The number of hydrogen-bond acceptors (Lipinski definition) is 7. The average molecular weight is 402 g/mol. The molecule has 0 aliphatic carbocycles. The minimum atomic E-state index is -1.01. The van der Waals surface area contributed by atoms with E-state index in [1.165, 1.54) is 7.11 Å². The third-order valence-corrected chi connectivity index (χ3v) is 4.29. The van der Waals surface area contributed by atoms with E-state index in [0.717, 1.165) is 16.6 Å². The molecule has 0 fully saturated rings. The van der Waals surface area contributed by atoms with Crippen molar-refractivity contribution >= 4 is 34.9 Å². The number of esters is 1. The fourth-order valence-corrected chi connectivity index (χ4v) is 2.84. The summed E-state index contributed by atoms with van der Waals surface area (Å²) in [5, 5.41) is 9.60. The Morgan fingerprint density at radius 2 is 2.10 bits per heavy atom. The second-order valence-corrected chi connectivity index (χ2v) is 6.84. The molecule has 0 radical (unpaired) electrons. The molecule has 2 heterocycles. The first-order valence-corrected chi connectivity index (χ1v) is 9.33.